The molecule has 6 nitrogen and oxygen atoms in total. The Morgan fingerprint density at radius 2 is 2.00 bits per heavy atom. The number of nitrogens with one attached hydrogen (secondary N) is 1. The molecule has 0 atom stereocenters. The Balaban J connectivity index is 1.71. The average molecular weight is 324 g/mol. The van der Waals surface area contributed by atoms with Gasteiger partial charge in [0.25, 0.3) is 5.91 Å². The second kappa shape index (κ2) is 6.70. The van der Waals surface area contributed by atoms with Crippen LogP contribution in [-0.2, 0) is 13.1 Å². The van der Waals surface area contributed by atoms with E-state index in [1.807, 2.05) is 4.57 Å². The normalized spacial score (nSPS) is 11.1. The van der Waals surface area contributed by atoms with Gasteiger partial charge in [-0.3, -0.25) is 4.79 Å². The second-order valence-corrected chi connectivity index (χ2v) is 6.21. The van der Waals surface area contributed by atoms with Crippen LogP contribution >= 0.6 is 0 Å². The lowest BCUT2D eigenvalue weighted by molar-refractivity contribution is 0.0950. The maximum Gasteiger partial charge on any atom is 0.253 e. The number of aromatic nitrogens is 3. The molecule has 0 aliphatic rings. The number of pyridine rings is 1. The summed E-state index contributed by atoms with van der Waals surface area (Å²) < 4.78 is 2.00. The molecule has 0 saturated carbocycles. The zero-order valence-corrected chi connectivity index (χ0v) is 13.7. The third-order valence-electron chi connectivity index (χ3n) is 3.67. The molecule has 24 heavy (non-hydrogen) atoms. The molecule has 2 N–H and O–H groups in total. The molecular formula is C18H20N4O2. The van der Waals surface area contributed by atoms with Crippen LogP contribution in [0.3, 0.4) is 0 Å². The predicted molar refractivity (Wildman–Crippen MR) is 91.6 cm³/mol. The van der Waals surface area contributed by atoms with Crippen LogP contribution in [0.15, 0.2) is 42.9 Å². The minimum atomic E-state index is -0.198. The van der Waals surface area contributed by atoms with E-state index < -0.39 is 0 Å². The van der Waals surface area contributed by atoms with Crippen LogP contribution in [0.4, 0.5) is 0 Å². The number of hydrogen-bond donors (Lipinski definition) is 2. The monoisotopic (exact) mass is 324 g/mol. The zero-order chi connectivity index (χ0) is 17.1. The molecular weight excluding hydrogens is 304 g/mol. The number of benzene rings is 1. The van der Waals surface area contributed by atoms with Gasteiger partial charge in [-0.15, -0.1) is 0 Å². The number of phenols is 1. The van der Waals surface area contributed by atoms with Crippen molar-refractivity contribution >= 4 is 17.1 Å². The molecule has 1 aromatic carbocycles. The van der Waals surface area contributed by atoms with Crippen molar-refractivity contribution in [3.8, 4) is 5.75 Å². The summed E-state index contributed by atoms with van der Waals surface area (Å²) in [4.78, 5) is 21.0. The molecule has 0 bridgehead atoms. The van der Waals surface area contributed by atoms with Gasteiger partial charge in [0.15, 0.2) is 5.65 Å². The van der Waals surface area contributed by atoms with Crippen LogP contribution in [0.5, 0.6) is 5.75 Å². The van der Waals surface area contributed by atoms with Crippen molar-refractivity contribution in [1.82, 2.24) is 19.9 Å². The first-order valence-electron chi connectivity index (χ1n) is 7.90. The van der Waals surface area contributed by atoms with Gasteiger partial charge in [0.1, 0.15) is 11.3 Å². The number of carbonyl (C=O) groups is 1. The van der Waals surface area contributed by atoms with Crippen molar-refractivity contribution in [2.45, 2.75) is 26.9 Å². The first-order chi connectivity index (χ1) is 11.5. The van der Waals surface area contributed by atoms with Gasteiger partial charge >= 0.3 is 0 Å². The van der Waals surface area contributed by atoms with Gasteiger partial charge in [0, 0.05) is 19.3 Å². The summed E-state index contributed by atoms with van der Waals surface area (Å²) in [5.41, 5.74) is 2.90. The summed E-state index contributed by atoms with van der Waals surface area (Å²) in [6.45, 7) is 5.50. The SMILES string of the molecule is CC(C)Cn1cnc2cc(C(=O)NCc3ccc(O)cc3)cnc21. The quantitative estimate of drug-likeness (QED) is 0.756. The number of carbonyl (C=O) groups excluding carboxylic acids is 1. The van der Waals surface area contributed by atoms with E-state index >= 15 is 0 Å². The molecule has 0 fully saturated rings. The summed E-state index contributed by atoms with van der Waals surface area (Å²) >= 11 is 0. The Morgan fingerprint density at radius 1 is 1.25 bits per heavy atom. The van der Waals surface area contributed by atoms with E-state index in [9.17, 15) is 9.90 Å². The maximum absolute atomic E-state index is 12.3. The number of rotatable bonds is 5. The number of aromatic hydroxyl groups is 1. The van der Waals surface area contributed by atoms with Crippen LogP contribution in [0, 0.1) is 5.92 Å². The Kier molecular flexibility index (Phi) is 4.46. The lowest BCUT2D eigenvalue weighted by atomic mass is 10.2. The topological polar surface area (TPSA) is 80.0 Å². The number of phenolic OH excluding ortho intramolecular Hbond substituents is 1. The van der Waals surface area contributed by atoms with Crippen LogP contribution in [0.2, 0.25) is 0 Å². The summed E-state index contributed by atoms with van der Waals surface area (Å²) in [5.74, 6) is 0.505. The summed E-state index contributed by atoms with van der Waals surface area (Å²) in [6, 6.07) is 8.48. The molecule has 0 spiro atoms. The second-order valence-electron chi connectivity index (χ2n) is 6.21. The van der Waals surface area contributed by atoms with Gasteiger partial charge in [0.2, 0.25) is 0 Å². The fourth-order valence-corrected chi connectivity index (χ4v) is 2.50. The number of imidazole rings is 1. The molecule has 2 aromatic heterocycles. The van der Waals surface area contributed by atoms with Gasteiger partial charge in [-0.25, -0.2) is 9.97 Å². The number of fused-ring (bicyclic) bond motifs is 1. The Bertz CT molecular complexity index is 853. The molecule has 2 heterocycles. The van der Waals surface area contributed by atoms with Crippen molar-refractivity contribution in [3.05, 3.63) is 54.0 Å². The molecule has 124 valence electrons. The highest BCUT2D eigenvalue weighted by Crippen LogP contribution is 2.14. The van der Waals surface area contributed by atoms with Gasteiger partial charge < -0.3 is 15.0 Å². The van der Waals surface area contributed by atoms with Crippen molar-refractivity contribution in [1.29, 1.82) is 0 Å². The highest BCUT2D eigenvalue weighted by Gasteiger charge is 2.11. The summed E-state index contributed by atoms with van der Waals surface area (Å²) in [7, 11) is 0. The highest BCUT2D eigenvalue weighted by atomic mass is 16.3. The predicted octanol–water partition coefficient (Wildman–Crippen LogP) is 2.72. The van der Waals surface area contributed by atoms with Crippen molar-refractivity contribution in [2.75, 3.05) is 0 Å². The first kappa shape index (κ1) is 16.0. The Hall–Kier alpha value is -2.89. The lowest BCUT2D eigenvalue weighted by Gasteiger charge is -2.07. The fourth-order valence-electron chi connectivity index (χ4n) is 2.50. The van der Waals surface area contributed by atoms with Crippen LogP contribution < -0.4 is 5.32 Å². The van der Waals surface area contributed by atoms with Crippen LogP contribution in [0.25, 0.3) is 11.2 Å². The molecule has 0 radical (unpaired) electrons. The van der Waals surface area contributed by atoms with Gasteiger partial charge in [0.05, 0.1) is 11.9 Å². The van der Waals surface area contributed by atoms with Crippen molar-refractivity contribution in [2.24, 2.45) is 5.92 Å². The third-order valence-corrected chi connectivity index (χ3v) is 3.67. The molecule has 0 saturated heterocycles. The first-order valence-corrected chi connectivity index (χ1v) is 7.90. The van der Waals surface area contributed by atoms with E-state index in [0.717, 1.165) is 17.8 Å². The van der Waals surface area contributed by atoms with E-state index in [0.29, 0.717) is 23.5 Å². The standard InChI is InChI=1S/C18H20N4O2/c1-12(2)10-22-11-21-16-7-14(9-19-17(16)22)18(24)20-8-13-3-5-15(23)6-4-13/h3-7,9,11-12,23H,8,10H2,1-2H3,(H,20,24). The van der Waals surface area contributed by atoms with Gasteiger partial charge in [-0.1, -0.05) is 26.0 Å². The van der Waals surface area contributed by atoms with Crippen LogP contribution in [0.1, 0.15) is 29.8 Å². The highest BCUT2D eigenvalue weighted by molar-refractivity contribution is 5.96. The van der Waals surface area contributed by atoms with E-state index in [-0.39, 0.29) is 11.7 Å². The lowest BCUT2D eigenvalue weighted by Crippen LogP contribution is -2.22. The van der Waals surface area contributed by atoms with Crippen molar-refractivity contribution in [3.63, 3.8) is 0 Å². The smallest absolute Gasteiger partial charge is 0.253 e. The fraction of sp³-hybridized carbons (Fsp3) is 0.278. The summed E-state index contributed by atoms with van der Waals surface area (Å²) in [5, 5.41) is 12.1. The van der Waals surface area contributed by atoms with E-state index in [1.54, 1.807) is 42.9 Å². The molecule has 0 aliphatic heterocycles. The van der Waals surface area contributed by atoms with Crippen LogP contribution in [-0.4, -0.2) is 25.5 Å². The third kappa shape index (κ3) is 3.53. The largest absolute Gasteiger partial charge is 0.508 e. The summed E-state index contributed by atoms with van der Waals surface area (Å²) in [6.07, 6.45) is 3.34. The molecule has 0 unspecified atom stereocenters. The van der Waals surface area contributed by atoms with Crippen molar-refractivity contribution < 1.29 is 9.90 Å². The molecule has 6 heteroatoms. The molecule has 0 aliphatic carbocycles. The minimum Gasteiger partial charge on any atom is -0.508 e. The Morgan fingerprint density at radius 3 is 2.71 bits per heavy atom. The number of hydrogen-bond acceptors (Lipinski definition) is 4. The Labute approximate surface area is 140 Å². The molecule has 3 rings (SSSR count). The number of amides is 1. The molecule has 1 amide bonds. The maximum atomic E-state index is 12.3. The molecule has 3 aromatic rings. The zero-order valence-electron chi connectivity index (χ0n) is 13.7. The van der Waals surface area contributed by atoms with E-state index in [1.165, 1.54) is 0 Å². The minimum absolute atomic E-state index is 0.198. The van der Waals surface area contributed by atoms with E-state index in [4.69, 9.17) is 0 Å². The average Bonchev–Trinajstić information content (AvgIpc) is 2.95. The van der Waals surface area contributed by atoms with Gasteiger partial charge in [-0.05, 0) is 29.7 Å². The van der Waals surface area contributed by atoms with Gasteiger partial charge in [-0.2, -0.15) is 0 Å². The number of nitrogens with zero attached hydrogens (tertiary/aromatic N) is 3. The van der Waals surface area contributed by atoms with E-state index in [2.05, 4.69) is 29.1 Å².